The van der Waals surface area contributed by atoms with Crippen LogP contribution in [0.1, 0.15) is 11.3 Å². The molecule has 1 aromatic heterocycles. The maximum atomic E-state index is 11.1. The monoisotopic (exact) mass is 290 g/mol. The Kier molecular flexibility index (Phi) is 5.02. The fourth-order valence-electron chi connectivity index (χ4n) is 1.95. The van der Waals surface area contributed by atoms with Gasteiger partial charge in [0.15, 0.2) is 0 Å². The largest absolute Gasteiger partial charge is 0.383 e. The third-order valence-electron chi connectivity index (χ3n) is 3.01. The molecule has 0 aliphatic rings. The second-order valence-corrected chi connectivity index (χ2v) is 4.67. The van der Waals surface area contributed by atoms with E-state index >= 15 is 0 Å². The second kappa shape index (κ2) is 6.96. The Morgan fingerprint density at radius 2 is 2.24 bits per heavy atom. The van der Waals surface area contributed by atoms with Gasteiger partial charge in [-0.05, 0) is 24.6 Å². The van der Waals surface area contributed by atoms with Gasteiger partial charge in [-0.1, -0.05) is 6.07 Å². The van der Waals surface area contributed by atoms with E-state index in [9.17, 15) is 10.1 Å². The molecule has 0 saturated heterocycles. The Labute approximate surface area is 122 Å². The molecular weight excluding hydrogens is 272 g/mol. The van der Waals surface area contributed by atoms with Gasteiger partial charge in [-0.25, -0.2) is 4.68 Å². The van der Waals surface area contributed by atoms with Crippen LogP contribution in [0.25, 0.3) is 5.69 Å². The average molecular weight is 290 g/mol. The number of rotatable bonds is 7. The predicted molar refractivity (Wildman–Crippen MR) is 78.5 cm³/mol. The van der Waals surface area contributed by atoms with Crippen LogP contribution in [0.15, 0.2) is 30.5 Å². The van der Waals surface area contributed by atoms with Crippen molar-refractivity contribution in [2.45, 2.75) is 13.5 Å². The van der Waals surface area contributed by atoms with Crippen molar-refractivity contribution >= 4 is 5.69 Å². The van der Waals surface area contributed by atoms with Crippen LogP contribution in [-0.2, 0) is 11.3 Å². The first-order valence-electron chi connectivity index (χ1n) is 6.61. The van der Waals surface area contributed by atoms with Crippen molar-refractivity contribution in [3.8, 4) is 5.69 Å². The summed E-state index contributed by atoms with van der Waals surface area (Å²) in [5.74, 6) is 0. The summed E-state index contributed by atoms with van der Waals surface area (Å²) in [5.41, 5.74) is 2.19. The highest BCUT2D eigenvalue weighted by Gasteiger charge is 2.16. The number of hydrogen-bond acceptors (Lipinski definition) is 5. The molecule has 1 N–H and O–H groups in total. The fourth-order valence-corrected chi connectivity index (χ4v) is 1.95. The number of aromatic nitrogens is 2. The first-order valence-corrected chi connectivity index (χ1v) is 6.61. The zero-order chi connectivity index (χ0) is 15.2. The van der Waals surface area contributed by atoms with E-state index in [0.29, 0.717) is 18.8 Å². The minimum Gasteiger partial charge on any atom is -0.383 e. The molecule has 0 saturated carbocycles. The maximum Gasteiger partial charge on any atom is 0.295 e. The van der Waals surface area contributed by atoms with Gasteiger partial charge < -0.3 is 10.1 Å². The van der Waals surface area contributed by atoms with Gasteiger partial charge in [0.2, 0.25) is 0 Å². The molecular formula is C14H18N4O3. The first-order chi connectivity index (χ1) is 10.1. The van der Waals surface area contributed by atoms with Crippen LogP contribution in [0.5, 0.6) is 0 Å². The smallest absolute Gasteiger partial charge is 0.295 e. The fraction of sp³-hybridized carbons (Fsp3) is 0.357. The number of methoxy groups -OCH3 is 1. The van der Waals surface area contributed by atoms with E-state index in [4.69, 9.17) is 4.74 Å². The van der Waals surface area contributed by atoms with E-state index < -0.39 is 0 Å². The topological polar surface area (TPSA) is 82.2 Å². The minimum absolute atomic E-state index is 0.0528. The molecule has 0 aliphatic heterocycles. The highest BCUT2D eigenvalue weighted by atomic mass is 16.6. The van der Waals surface area contributed by atoms with E-state index in [1.165, 1.54) is 4.68 Å². The van der Waals surface area contributed by atoms with Crippen molar-refractivity contribution in [1.29, 1.82) is 0 Å². The number of nitrogens with one attached hydrogen (secondary N) is 1. The van der Waals surface area contributed by atoms with Gasteiger partial charge in [-0.3, -0.25) is 10.1 Å². The summed E-state index contributed by atoms with van der Waals surface area (Å²) in [7, 11) is 1.65. The Morgan fingerprint density at radius 1 is 1.43 bits per heavy atom. The molecule has 0 fully saturated rings. The molecule has 112 valence electrons. The molecule has 1 heterocycles. The van der Waals surface area contributed by atoms with Crippen molar-refractivity contribution in [1.82, 2.24) is 15.1 Å². The molecule has 0 spiro atoms. The van der Waals surface area contributed by atoms with Gasteiger partial charge >= 0.3 is 0 Å². The van der Waals surface area contributed by atoms with Crippen molar-refractivity contribution in [2.75, 3.05) is 20.3 Å². The first kappa shape index (κ1) is 15.1. The molecule has 7 heteroatoms. The Bertz CT molecular complexity index is 624. The van der Waals surface area contributed by atoms with Gasteiger partial charge in [0.1, 0.15) is 5.69 Å². The average Bonchev–Trinajstić information content (AvgIpc) is 2.92. The summed E-state index contributed by atoms with van der Waals surface area (Å²) < 4.78 is 6.48. The summed E-state index contributed by atoms with van der Waals surface area (Å²) in [4.78, 5) is 10.7. The Balaban J connectivity index is 2.16. The molecule has 2 aromatic rings. The SMILES string of the molecule is COCCNCc1ccn(-c2ccc(C)cc2[N+](=O)[O-])n1. The van der Waals surface area contributed by atoms with Crippen molar-refractivity contribution < 1.29 is 9.66 Å². The van der Waals surface area contributed by atoms with E-state index in [2.05, 4.69) is 10.4 Å². The van der Waals surface area contributed by atoms with Crippen LogP contribution in [0.3, 0.4) is 0 Å². The van der Waals surface area contributed by atoms with Gasteiger partial charge in [-0.15, -0.1) is 0 Å². The number of hydrogen-bond donors (Lipinski definition) is 1. The van der Waals surface area contributed by atoms with Crippen molar-refractivity contribution in [2.24, 2.45) is 0 Å². The van der Waals surface area contributed by atoms with Crippen LogP contribution in [0, 0.1) is 17.0 Å². The highest BCUT2D eigenvalue weighted by molar-refractivity contribution is 5.53. The summed E-state index contributed by atoms with van der Waals surface area (Å²) in [6.07, 6.45) is 1.73. The summed E-state index contributed by atoms with van der Waals surface area (Å²) in [6, 6.07) is 6.93. The van der Waals surface area contributed by atoms with Crippen LogP contribution in [-0.4, -0.2) is 35.0 Å². The van der Waals surface area contributed by atoms with E-state index in [0.717, 1.165) is 17.8 Å². The molecule has 21 heavy (non-hydrogen) atoms. The van der Waals surface area contributed by atoms with Crippen LogP contribution in [0.4, 0.5) is 5.69 Å². The third-order valence-corrected chi connectivity index (χ3v) is 3.01. The number of nitro groups is 1. The van der Waals surface area contributed by atoms with Crippen LogP contribution < -0.4 is 5.32 Å². The van der Waals surface area contributed by atoms with Gasteiger partial charge in [0.25, 0.3) is 5.69 Å². The quantitative estimate of drug-likeness (QED) is 0.478. The summed E-state index contributed by atoms with van der Waals surface area (Å²) >= 11 is 0. The van der Waals surface area contributed by atoms with Crippen LogP contribution >= 0.6 is 0 Å². The van der Waals surface area contributed by atoms with E-state index in [-0.39, 0.29) is 10.6 Å². The number of benzene rings is 1. The van der Waals surface area contributed by atoms with Gasteiger partial charge in [0.05, 0.1) is 17.2 Å². The number of nitro benzene ring substituents is 1. The Morgan fingerprint density at radius 3 is 2.95 bits per heavy atom. The lowest BCUT2D eigenvalue weighted by Crippen LogP contribution is -2.18. The number of ether oxygens (including phenoxy) is 1. The number of nitrogens with zero attached hydrogens (tertiary/aromatic N) is 3. The Hall–Kier alpha value is -2.25. The number of aryl methyl sites for hydroxylation is 1. The zero-order valence-corrected chi connectivity index (χ0v) is 12.1. The van der Waals surface area contributed by atoms with Gasteiger partial charge in [0, 0.05) is 32.5 Å². The molecule has 0 atom stereocenters. The lowest BCUT2D eigenvalue weighted by molar-refractivity contribution is -0.384. The predicted octanol–water partition coefficient (Wildman–Crippen LogP) is 1.82. The lowest BCUT2D eigenvalue weighted by atomic mass is 10.2. The maximum absolute atomic E-state index is 11.1. The van der Waals surface area contributed by atoms with E-state index in [1.54, 1.807) is 25.4 Å². The van der Waals surface area contributed by atoms with Gasteiger partial charge in [-0.2, -0.15) is 5.10 Å². The molecule has 7 nitrogen and oxygen atoms in total. The van der Waals surface area contributed by atoms with Crippen LogP contribution in [0.2, 0.25) is 0 Å². The lowest BCUT2D eigenvalue weighted by Gasteiger charge is -2.04. The second-order valence-electron chi connectivity index (χ2n) is 4.67. The molecule has 0 radical (unpaired) electrons. The molecule has 0 unspecified atom stereocenters. The highest BCUT2D eigenvalue weighted by Crippen LogP contribution is 2.23. The molecule has 0 amide bonds. The summed E-state index contributed by atoms with van der Waals surface area (Å²) in [5, 5.41) is 18.7. The normalized spacial score (nSPS) is 10.8. The molecule has 1 aromatic carbocycles. The zero-order valence-electron chi connectivity index (χ0n) is 12.1. The standard InChI is InChI=1S/C14H18N4O3/c1-11-3-4-13(14(9-11)18(19)20)17-7-5-12(16-17)10-15-6-8-21-2/h3-5,7,9,15H,6,8,10H2,1-2H3. The third kappa shape index (κ3) is 3.87. The molecule has 2 rings (SSSR count). The van der Waals surface area contributed by atoms with E-state index in [1.807, 2.05) is 19.1 Å². The minimum atomic E-state index is -0.388. The molecule has 0 aliphatic carbocycles. The van der Waals surface area contributed by atoms with Crippen molar-refractivity contribution in [3.63, 3.8) is 0 Å². The summed E-state index contributed by atoms with van der Waals surface area (Å²) in [6.45, 7) is 3.78. The van der Waals surface area contributed by atoms with Crippen molar-refractivity contribution in [3.05, 3.63) is 51.8 Å². The molecule has 0 bridgehead atoms.